The van der Waals surface area contributed by atoms with E-state index in [0.717, 1.165) is 11.1 Å². The van der Waals surface area contributed by atoms with E-state index in [0.29, 0.717) is 0 Å². The maximum Gasteiger partial charge on any atom is 0.0400 e. The molecule has 0 amide bonds. The fourth-order valence-corrected chi connectivity index (χ4v) is 3.79. The van der Waals surface area contributed by atoms with E-state index < -0.39 is 0 Å². The zero-order chi connectivity index (χ0) is 15.4. The van der Waals surface area contributed by atoms with Crippen LogP contribution < -0.4 is 5.73 Å². The Kier molecular flexibility index (Phi) is 2.42. The SMILES string of the molecule is Nc1cc2c3ccccc3c3ccccc3c2c2ccccc12. The lowest BCUT2D eigenvalue weighted by Crippen LogP contribution is -1.90. The van der Waals surface area contributed by atoms with Crippen molar-refractivity contribution in [3.63, 3.8) is 0 Å². The predicted octanol–water partition coefficient (Wildman–Crippen LogP) is 5.88. The van der Waals surface area contributed by atoms with E-state index >= 15 is 0 Å². The van der Waals surface area contributed by atoms with Crippen LogP contribution in [-0.2, 0) is 0 Å². The summed E-state index contributed by atoms with van der Waals surface area (Å²) < 4.78 is 0. The van der Waals surface area contributed by atoms with E-state index in [1.54, 1.807) is 0 Å². The molecule has 0 spiro atoms. The van der Waals surface area contributed by atoms with Crippen molar-refractivity contribution in [2.24, 2.45) is 0 Å². The lowest BCUT2D eigenvalue weighted by molar-refractivity contribution is 1.76. The second kappa shape index (κ2) is 4.47. The van der Waals surface area contributed by atoms with Gasteiger partial charge in [0.1, 0.15) is 0 Å². The van der Waals surface area contributed by atoms with Crippen molar-refractivity contribution in [3.05, 3.63) is 78.9 Å². The smallest absolute Gasteiger partial charge is 0.0400 e. The molecule has 0 aliphatic heterocycles. The van der Waals surface area contributed by atoms with Crippen LogP contribution in [0.4, 0.5) is 5.69 Å². The van der Waals surface area contributed by atoms with Crippen molar-refractivity contribution in [2.75, 3.05) is 5.73 Å². The Hall–Kier alpha value is -3.06. The van der Waals surface area contributed by atoms with E-state index in [2.05, 4.69) is 72.8 Å². The molecule has 108 valence electrons. The number of hydrogen-bond acceptors (Lipinski definition) is 1. The lowest BCUT2D eigenvalue weighted by atomic mass is 9.90. The number of nitrogens with two attached hydrogens (primary N) is 1. The van der Waals surface area contributed by atoms with Crippen molar-refractivity contribution in [3.8, 4) is 0 Å². The molecule has 0 unspecified atom stereocenters. The monoisotopic (exact) mass is 293 g/mol. The van der Waals surface area contributed by atoms with Crippen LogP contribution in [0.15, 0.2) is 78.9 Å². The van der Waals surface area contributed by atoms with Crippen LogP contribution >= 0.6 is 0 Å². The summed E-state index contributed by atoms with van der Waals surface area (Å²) in [5.41, 5.74) is 7.20. The van der Waals surface area contributed by atoms with Gasteiger partial charge in [0, 0.05) is 11.1 Å². The van der Waals surface area contributed by atoms with E-state index in [9.17, 15) is 0 Å². The zero-order valence-electron chi connectivity index (χ0n) is 12.6. The van der Waals surface area contributed by atoms with Gasteiger partial charge in [-0.05, 0) is 43.8 Å². The maximum atomic E-state index is 6.36. The predicted molar refractivity (Wildman–Crippen MR) is 101 cm³/mol. The van der Waals surface area contributed by atoms with Crippen LogP contribution in [0, 0.1) is 0 Å². The minimum Gasteiger partial charge on any atom is -0.398 e. The summed E-state index contributed by atoms with van der Waals surface area (Å²) in [6.07, 6.45) is 0. The van der Waals surface area contributed by atoms with Crippen molar-refractivity contribution >= 4 is 48.8 Å². The Morgan fingerprint density at radius 1 is 0.435 bits per heavy atom. The molecule has 0 aliphatic carbocycles. The minimum absolute atomic E-state index is 0.841. The second-order valence-electron chi connectivity index (χ2n) is 6.03. The topological polar surface area (TPSA) is 26.0 Å². The number of fused-ring (bicyclic) bond motifs is 8. The highest BCUT2D eigenvalue weighted by Gasteiger charge is 2.12. The molecular weight excluding hydrogens is 278 g/mol. The van der Waals surface area contributed by atoms with Crippen LogP contribution in [0.3, 0.4) is 0 Å². The first-order valence-corrected chi connectivity index (χ1v) is 7.85. The molecule has 2 N–H and O–H groups in total. The highest BCUT2D eigenvalue weighted by molar-refractivity contribution is 6.32. The summed E-state index contributed by atoms with van der Waals surface area (Å²) in [5, 5.41) is 10.0. The summed E-state index contributed by atoms with van der Waals surface area (Å²) in [4.78, 5) is 0. The summed E-state index contributed by atoms with van der Waals surface area (Å²) in [5.74, 6) is 0. The van der Waals surface area contributed by atoms with Crippen molar-refractivity contribution in [1.82, 2.24) is 0 Å². The zero-order valence-corrected chi connectivity index (χ0v) is 12.6. The summed E-state index contributed by atoms with van der Waals surface area (Å²) in [6.45, 7) is 0. The average molecular weight is 293 g/mol. The molecule has 1 nitrogen and oxygen atoms in total. The maximum absolute atomic E-state index is 6.36. The van der Waals surface area contributed by atoms with Crippen LogP contribution in [0.5, 0.6) is 0 Å². The van der Waals surface area contributed by atoms with E-state index in [1.807, 2.05) is 6.07 Å². The molecule has 0 saturated carbocycles. The average Bonchev–Trinajstić information content (AvgIpc) is 2.62. The molecule has 1 heteroatoms. The number of nitrogen functional groups attached to an aromatic ring is 1. The standard InChI is InChI=1S/C22H15N/c23-21-13-20-16-9-2-1-7-14(16)15-8-3-5-11-18(15)22(20)19-12-6-4-10-17(19)21/h1-13H,23H2. The van der Waals surface area contributed by atoms with Gasteiger partial charge in [-0.1, -0.05) is 72.8 Å². The van der Waals surface area contributed by atoms with Gasteiger partial charge in [-0.3, -0.25) is 0 Å². The molecule has 0 radical (unpaired) electrons. The Morgan fingerprint density at radius 3 is 1.43 bits per heavy atom. The fraction of sp³-hybridized carbons (Fsp3) is 0. The molecular formula is C22H15N. The van der Waals surface area contributed by atoms with Gasteiger partial charge in [-0.2, -0.15) is 0 Å². The third-order valence-corrected chi connectivity index (χ3v) is 4.78. The third-order valence-electron chi connectivity index (χ3n) is 4.78. The normalized spacial score (nSPS) is 11.7. The summed E-state index contributed by atoms with van der Waals surface area (Å²) >= 11 is 0. The lowest BCUT2D eigenvalue weighted by Gasteiger charge is -2.14. The molecule has 0 heterocycles. The number of anilines is 1. The molecule has 5 aromatic carbocycles. The molecule has 0 saturated heterocycles. The quantitative estimate of drug-likeness (QED) is 0.280. The Morgan fingerprint density at radius 2 is 0.826 bits per heavy atom. The summed E-state index contributed by atoms with van der Waals surface area (Å²) in [6, 6.07) is 27.8. The first-order valence-electron chi connectivity index (χ1n) is 7.85. The number of rotatable bonds is 0. The highest BCUT2D eigenvalue weighted by atomic mass is 14.6. The van der Waals surface area contributed by atoms with Gasteiger partial charge in [0.05, 0.1) is 0 Å². The Balaban J connectivity index is 2.25. The fourth-order valence-electron chi connectivity index (χ4n) is 3.79. The first-order chi connectivity index (χ1) is 11.3. The van der Waals surface area contributed by atoms with Gasteiger partial charge < -0.3 is 5.73 Å². The van der Waals surface area contributed by atoms with Crippen LogP contribution in [-0.4, -0.2) is 0 Å². The molecule has 23 heavy (non-hydrogen) atoms. The second-order valence-corrected chi connectivity index (χ2v) is 6.03. The minimum atomic E-state index is 0.841. The van der Waals surface area contributed by atoms with E-state index in [1.165, 1.54) is 37.7 Å². The summed E-state index contributed by atoms with van der Waals surface area (Å²) in [7, 11) is 0. The number of benzene rings is 5. The van der Waals surface area contributed by atoms with Crippen LogP contribution in [0.2, 0.25) is 0 Å². The molecule has 0 atom stereocenters. The number of hydrogen-bond donors (Lipinski definition) is 1. The van der Waals surface area contributed by atoms with Crippen molar-refractivity contribution in [1.29, 1.82) is 0 Å². The Bertz CT molecular complexity index is 1220. The highest BCUT2D eigenvalue weighted by Crippen LogP contribution is 2.40. The third kappa shape index (κ3) is 1.62. The van der Waals surface area contributed by atoms with Gasteiger partial charge in [0.15, 0.2) is 0 Å². The molecule has 5 aromatic rings. The van der Waals surface area contributed by atoms with Crippen LogP contribution in [0.25, 0.3) is 43.1 Å². The molecule has 0 bridgehead atoms. The largest absolute Gasteiger partial charge is 0.398 e. The van der Waals surface area contributed by atoms with Gasteiger partial charge >= 0.3 is 0 Å². The molecule has 0 aliphatic rings. The Labute approximate surface area is 133 Å². The molecule has 0 fully saturated rings. The molecule has 5 rings (SSSR count). The van der Waals surface area contributed by atoms with Crippen LogP contribution in [0.1, 0.15) is 0 Å². The van der Waals surface area contributed by atoms with Gasteiger partial charge in [-0.15, -0.1) is 0 Å². The van der Waals surface area contributed by atoms with Crippen molar-refractivity contribution < 1.29 is 0 Å². The van der Waals surface area contributed by atoms with E-state index in [4.69, 9.17) is 5.73 Å². The first kappa shape index (κ1) is 12.5. The van der Waals surface area contributed by atoms with Gasteiger partial charge in [0.2, 0.25) is 0 Å². The van der Waals surface area contributed by atoms with E-state index in [-0.39, 0.29) is 0 Å². The molecule has 0 aromatic heterocycles. The van der Waals surface area contributed by atoms with Gasteiger partial charge in [0.25, 0.3) is 0 Å². The van der Waals surface area contributed by atoms with Gasteiger partial charge in [-0.25, -0.2) is 0 Å². The van der Waals surface area contributed by atoms with Crippen molar-refractivity contribution in [2.45, 2.75) is 0 Å².